The highest BCUT2D eigenvalue weighted by molar-refractivity contribution is 9.10. The van der Waals surface area contributed by atoms with Gasteiger partial charge in [0.25, 0.3) is 0 Å². The van der Waals surface area contributed by atoms with Gasteiger partial charge in [-0.25, -0.2) is 0 Å². The summed E-state index contributed by atoms with van der Waals surface area (Å²) in [6, 6.07) is 4.05. The molecular weight excluding hydrogens is 382 g/mol. The first-order valence-corrected chi connectivity index (χ1v) is 10.2. The van der Waals surface area contributed by atoms with Crippen molar-refractivity contribution in [2.24, 2.45) is 11.8 Å². The summed E-state index contributed by atoms with van der Waals surface area (Å²) in [5.41, 5.74) is 0.753. The van der Waals surface area contributed by atoms with E-state index >= 15 is 0 Å². The molecule has 0 radical (unpaired) electrons. The van der Waals surface area contributed by atoms with E-state index in [1.807, 2.05) is 13.0 Å². The van der Waals surface area contributed by atoms with Crippen molar-refractivity contribution < 1.29 is 14.6 Å². The number of aliphatic hydroxyl groups is 1. The van der Waals surface area contributed by atoms with Crippen LogP contribution >= 0.6 is 15.9 Å². The minimum absolute atomic E-state index is 0.0812. The van der Waals surface area contributed by atoms with E-state index in [1.54, 1.807) is 7.11 Å². The molecule has 4 aliphatic carbocycles. The molecule has 5 rings (SSSR count). The van der Waals surface area contributed by atoms with Gasteiger partial charge in [0.1, 0.15) is 0 Å². The number of nitrogens with one attached hydrogen (secondary N) is 1. The van der Waals surface area contributed by atoms with Gasteiger partial charge >= 0.3 is 0 Å². The minimum atomic E-state index is -0.436. The first-order valence-electron chi connectivity index (χ1n) is 9.41. The predicted octanol–water partition coefficient (Wildman–Crippen LogP) is 4.03. The summed E-state index contributed by atoms with van der Waals surface area (Å²) in [7, 11) is 1.68. The van der Waals surface area contributed by atoms with E-state index in [0.29, 0.717) is 18.4 Å². The number of ether oxygens (including phenoxy) is 2. The molecule has 0 aliphatic heterocycles. The number of rotatable bonds is 6. The molecule has 1 aromatic rings. The lowest BCUT2D eigenvalue weighted by Crippen LogP contribution is -2.64. The number of hydrogen-bond acceptors (Lipinski definition) is 4. The SMILES string of the molecule is CCOc1c(CNC23CC4CC(CC(O)(C4)C2)C3)cc(Br)cc1OC. The van der Waals surface area contributed by atoms with Crippen molar-refractivity contribution in [3.63, 3.8) is 0 Å². The molecule has 0 aromatic heterocycles. The quantitative estimate of drug-likeness (QED) is 0.744. The molecule has 4 aliphatic rings. The van der Waals surface area contributed by atoms with Crippen LogP contribution in [0.5, 0.6) is 11.5 Å². The monoisotopic (exact) mass is 409 g/mol. The molecule has 1 aromatic carbocycles. The third-order valence-corrected chi connectivity index (χ3v) is 6.75. The van der Waals surface area contributed by atoms with Gasteiger partial charge in [0.05, 0.1) is 19.3 Å². The number of hydrogen-bond donors (Lipinski definition) is 2. The molecule has 138 valence electrons. The fraction of sp³-hybridized carbons (Fsp3) is 0.700. The smallest absolute Gasteiger partial charge is 0.165 e. The Morgan fingerprint density at radius 1 is 1.24 bits per heavy atom. The highest BCUT2D eigenvalue weighted by Gasteiger charge is 2.56. The Morgan fingerprint density at radius 3 is 2.56 bits per heavy atom. The molecular formula is C20H28BrNO3. The van der Waals surface area contributed by atoms with Gasteiger partial charge in [0.2, 0.25) is 0 Å². The predicted molar refractivity (Wildman–Crippen MR) is 101 cm³/mol. The topological polar surface area (TPSA) is 50.7 Å². The van der Waals surface area contributed by atoms with E-state index in [4.69, 9.17) is 9.47 Å². The van der Waals surface area contributed by atoms with Crippen LogP contribution in [-0.4, -0.2) is 30.0 Å². The van der Waals surface area contributed by atoms with Crippen LogP contribution in [0, 0.1) is 11.8 Å². The maximum absolute atomic E-state index is 10.9. The van der Waals surface area contributed by atoms with Crippen LogP contribution in [0.25, 0.3) is 0 Å². The molecule has 2 unspecified atom stereocenters. The average molecular weight is 410 g/mol. The van der Waals surface area contributed by atoms with Crippen molar-refractivity contribution in [1.82, 2.24) is 5.32 Å². The zero-order chi connectivity index (χ0) is 17.7. The summed E-state index contributed by atoms with van der Waals surface area (Å²) in [6.45, 7) is 3.34. The molecule has 4 nitrogen and oxygen atoms in total. The van der Waals surface area contributed by atoms with Gasteiger partial charge in [-0.1, -0.05) is 15.9 Å². The molecule has 4 bridgehead atoms. The third-order valence-electron chi connectivity index (χ3n) is 6.29. The maximum Gasteiger partial charge on any atom is 0.165 e. The van der Waals surface area contributed by atoms with E-state index < -0.39 is 5.60 Å². The summed E-state index contributed by atoms with van der Waals surface area (Å²) in [5.74, 6) is 2.95. The van der Waals surface area contributed by atoms with Crippen molar-refractivity contribution in [3.05, 3.63) is 22.2 Å². The van der Waals surface area contributed by atoms with E-state index in [-0.39, 0.29) is 5.54 Å². The van der Waals surface area contributed by atoms with Crippen molar-refractivity contribution in [1.29, 1.82) is 0 Å². The van der Waals surface area contributed by atoms with Crippen molar-refractivity contribution in [2.45, 2.75) is 63.1 Å². The highest BCUT2D eigenvalue weighted by atomic mass is 79.9. The highest BCUT2D eigenvalue weighted by Crippen LogP contribution is 2.57. The van der Waals surface area contributed by atoms with Crippen molar-refractivity contribution >= 4 is 15.9 Å². The Hall–Kier alpha value is -0.780. The lowest BCUT2D eigenvalue weighted by molar-refractivity contribution is -0.142. The minimum Gasteiger partial charge on any atom is -0.493 e. The zero-order valence-electron chi connectivity index (χ0n) is 15.1. The lowest BCUT2D eigenvalue weighted by atomic mass is 9.51. The molecule has 4 fully saturated rings. The Morgan fingerprint density at radius 2 is 1.96 bits per heavy atom. The Kier molecular flexibility index (Phi) is 4.53. The molecule has 25 heavy (non-hydrogen) atoms. The second kappa shape index (κ2) is 6.43. The normalized spacial score (nSPS) is 35.8. The first-order chi connectivity index (χ1) is 11.9. The zero-order valence-corrected chi connectivity index (χ0v) is 16.7. The number of benzene rings is 1. The number of halogens is 1. The van der Waals surface area contributed by atoms with Gasteiger partial charge in [-0.15, -0.1) is 0 Å². The van der Waals surface area contributed by atoms with Crippen LogP contribution in [0.4, 0.5) is 0 Å². The van der Waals surface area contributed by atoms with Gasteiger partial charge in [-0.2, -0.15) is 0 Å². The number of methoxy groups -OCH3 is 1. The second-order valence-corrected chi connectivity index (χ2v) is 9.26. The van der Waals surface area contributed by atoms with Crippen LogP contribution in [0.15, 0.2) is 16.6 Å². The average Bonchev–Trinajstić information content (AvgIpc) is 2.52. The maximum atomic E-state index is 10.9. The molecule has 5 heteroatoms. The summed E-state index contributed by atoms with van der Waals surface area (Å²) in [6.07, 6.45) is 6.59. The second-order valence-electron chi connectivity index (χ2n) is 8.35. The third kappa shape index (κ3) is 3.31. The standard InChI is InChI=1S/C20H28BrNO3/c1-3-25-18-15(5-16(21)6-17(18)24-2)11-22-19-7-13-4-14(8-19)10-20(23,9-13)12-19/h5-6,13-14,22-23H,3-4,7-12H2,1-2H3. The molecule has 0 saturated heterocycles. The Balaban J connectivity index is 1.56. The molecule has 4 saturated carbocycles. The summed E-state index contributed by atoms with van der Waals surface area (Å²) < 4.78 is 12.4. The van der Waals surface area contributed by atoms with Gasteiger partial charge in [-0.3, -0.25) is 0 Å². The van der Waals surface area contributed by atoms with Gasteiger partial charge in [0.15, 0.2) is 11.5 Å². The van der Waals surface area contributed by atoms with Crippen LogP contribution in [-0.2, 0) is 6.54 Å². The van der Waals surface area contributed by atoms with E-state index in [2.05, 4.69) is 27.3 Å². The van der Waals surface area contributed by atoms with Crippen molar-refractivity contribution in [2.75, 3.05) is 13.7 Å². The van der Waals surface area contributed by atoms with E-state index in [0.717, 1.165) is 47.3 Å². The Bertz CT molecular complexity index is 649. The summed E-state index contributed by atoms with van der Waals surface area (Å²) >= 11 is 3.58. The van der Waals surface area contributed by atoms with Crippen LogP contribution < -0.4 is 14.8 Å². The molecule has 0 heterocycles. The van der Waals surface area contributed by atoms with Gasteiger partial charge < -0.3 is 19.9 Å². The van der Waals surface area contributed by atoms with Crippen LogP contribution in [0.2, 0.25) is 0 Å². The summed E-state index contributed by atoms with van der Waals surface area (Å²) in [4.78, 5) is 0. The molecule has 2 atom stereocenters. The van der Waals surface area contributed by atoms with E-state index in [9.17, 15) is 5.11 Å². The van der Waals surface area contributed by atoms with Crippen LogP contribution in [0.1, 0.15) is 51.0 Å². The van der Waals surface area contributed by atoms with Gasteiger partial charge in [0, 0.05) is 22.1 Å². The van der Waals surface area contributed by atoms with Crippen LogP contribution in [0.3, 0.4) is 0 Å². The Labute approximate surface area is 158 Å². The molecule has 0 spiro atoms. The summed E-state index contributed by atoms with van der Waals surface area (Å²) in [5, 5.41) is 14.8. The fourth-order valence-electron chi connectivity index (χ4n) is 5.92. The lowest BCUT2D eigenvalue weighted by Gasteiger charge is -2.60. The van der Waals surface area contributed by atoms with Crippen molar-refractivity contribution in [3.8, 4) is 11.5 Å². The van der Waals surface area contributed by atoms with Gasteiger partial charge in [-0.05, 0) is 69.4 Å². The molecule has 2 N–H and O–H groups in total. The largest absolute Gasteiger partial charge is 0.493 e. The first kappa shape index (κ1) is 17.6. The molecule has 0 amide bonds. The van der Waals surface area contributed by atoms with E-state index in [1.165, 1.54) is 19.3 Å². The fourth-order valence-corrected chi connectivity index (χ4v) is 6.40.